The van der Waals surface area contributed by atoms with Crippen molar-refractivity contribution in [2.75, 3.05) is 6.54 Å². The number of carboxylic acid groups (broad SMARTS) is 1. The number of hydrogen-bond acceptors (Lipinski definition) is 5. The summed E-state index contributed by atoms with van der Waals surface area (Å²) in [6.07, 6.45) is -0.778. The molecule has 0 bridgehead atoms. The van der Waals surface area contributed by atoms with Crippen molar-refractivity contribution < 1.29 is 32.6 Å². The molecule has 2 atom stereocenters. The number of sulfonamides is 1. The van der Waals surface area contributed by atoms with Crippen LogP contribution in [0.5, 0.6) is 5.75 Å². The average molecular weight is 452 g/mol. The number of halogens is 1. The van der Waals surface area contributed by atoms with Gasteiger partial charge in [-0.15, -0.1) is 0 Å². The van der Waals surface area contributed by atoms with Crippen molar-refractivity contribution in [3.05, 3.63) is 59.4 Å². The smallest absolute Gasteiger partial charge is 0.322 e. The fraction of sp³-hybridized carbons (Fsp3) is 0.409. The van der Waals surface area contributed by atoms with E-state index in [0.29, 0.717) is 16.9 Å². The van der Waals surface area contributed by atoms with E-state index < -0.39 is 33.6 Å². The molecule has 168 valence electrons. The summed E-state index contributed by atoms with van der Waals surface area (Å²) >= 11 is 0. The van der Waals surface area contributed by atoms with Crippen molar-refractivity contribution in [3.63, 3.8) is 0 Å². The maximum absolute atomic E-state index is 13.6. The van der Waals surface area contributed by atoms with Gasteiger partial charge in [0.05, 0.1) is 11.0 Å². The second-order valence-electron chi connectivity index (χ2n) is 8.45. The number of piperidine rings is 1. The first-order chi connectivity index (χ1) is 14.4. The fourth-order valence-electron chi connectivity index (χ4n) is 3.99. The Hall–Kier alpha value is -2.49. The van der Waals surface area contributed by atoms with Crippen molar-refractivity contribution in [1.82, 2.24) is 4.31 Å². The number of hydrogen-bond donors (Lipinski definition) is 2. The maximum atomic E-state index is 13.6. The van der Waals surface area contributed by atoms with Crippen molar-refractivity contribution in [1.29, 1.82) is 0 Å². The molecule has 1 aliphatic heterocycles. The topological polar surface area (TPSA) is 104 Å². The number of aliphatic hydroxyl groups is 1. The van der Waals surface area contributed by atoms with E-state index in [-0.39, 0.29) is 30.3 Å². The highest BCUT2D eigenvalue weighted by Crippen LogP contribution is 2.38. The van der Waals surface area contributed by atoms with Gasteiger partial charge in [0.25, 0.3) is 0 Å². The zero-order valence-electron chi connectivity index (χ0n) is 17.6. The molecule has 1 fully saturated rings. The zero-order valence-corrected chi connectivity index (χ0v) is 18.4. The van der Waals surface area contributed by atoms with Crippen LogP contribution in [-0.2, 0) is 21.4 Å². The minimum atomic E-state index is -4.17. The highest BCUT2D eigenvalue weighted by Gasteiger charge is 2.50. The summed E-state index contributed by atoms with van der Waals surface area (Å²) in [6.45, 7) is 4.73. The number of carbonyl (C=O) groups is 1. The van der Waals surface area contributed by atoms with Gasteiger partial charge in [0.15, 0.2) is 0 Å². The van der Waals surface area contributed by atoms with E-state index in [4.69, 9.17) is 4.74 Å². The van der Waals surface area contributed by atoms with Crippen LogP contribution in [0.15, 0.2) is 47.4 Å². The van der Waals surface area contributed by atoms with E-state index in [9.17, 15) is 27.8 Å². The minimum absolute atomic E-state index is 0.0991. The van der Waals surface area contributed by atoms with Crippen LogP contribution in [0.1, 0.15) is 31.4 Å². The molecule has 1 aliphatic rings. The molecule has 1 heterocycles. The summed E-state index contributed by atoms with van der Waals surface area (Å²) in [6, 6.07) is 8.98. The number of benzene rings is 2. The molecule has 7 nitrogen and oxygen atoms in total. The summed E-state index contributed by atoms with van der Waals surface area (Å²) in [7, 11) is -4.17. The lowest BCUT2D eigenvalue weighted by molar-refractivity contribution is -0.149. The number of β-amino-alcohol motifs (C(OH)–C–C–N with tert-alkyl or cyclic N) is 1. The van der Waals surface area contributed by atoms with Gasteiger partial charge < -0.3 is 14.9 Å². The highest BCUT2D eigenvalue weighted by molar-refractivity contribution is 7.89. The summed E-state index contributed by atoms with van der Waals surface area (Å²) in [5, 5.41) is 19.8. The van der Waals surface area contributed by atoms with Gasteiger partial charge in [-0.3, -0.25) is 4.79 Å². The first kappa shape index (κ1) is 23.2. The normalized spacial score (nSPS) is 21.6. The Balaban J connectivity index is 1.82. The Morgan fingerprint density at radius 3 is 2.48 bits per heavy atom. The molecule has 9 heteroatoms. The van der Waals surface area contributed by atoms with Gasteiger partial charge in [0, 0.05) is 6.54 Å². The zero-order chi connectivity index (χ0) is 23.0. The predicted molar refractivity (Wildman–Crippen MR) is 112 cm³/mol. The highest BCUT2D eigenvalue weighted by atomic mass is 32.2. The van der Waals surface area contributed by atoms with Crippen molar-refractivity contribution >= 4 is 16.0 Å². The third kappa shape index (κ3) is 4.73. The molecular weight excluding hydrogens is 425 g/mol. The monoisotopic (exact) mass is 451 g/mol. The second-order valence-corrected chi connectivity index (χ2v) is 10.3. The Morgan fingerprint density at radius 1 is 1.23 bits per heavy atom. The quantitative estimate of drug-likeness (QED) is 0.700. The Kier molecular flexibility index (Phi) is 6.40. The second kappa shape index (κ2) is 8.57. The lowest BCUT2D eigenvalue weighted by Crippen LogP contribution is -2.59. The molecular formula is C22H26FNO6S. The lowest BCUT2D eigenvalue weighted by Gasteiger charge is -2.44. The average Bonchev–Trinajstić information content (AvgIpc) is 2.67. The number of aliphatic hydroxyl groups excluding tert-OH is 1. The Bertz CT molecular complexity index is 1070. The molecule has 2 aromatic rings. The van der Waals surface area contributed by atoms with Crippen LogP contribution in [0, 0.1) is 18.2 Å². The molecule has 0 aliphatic carbocycles. The molecule has 1 saturated heterocycles. The van der Waals surface area contributed by atoms with E-state index in [1.54, 1.807) is 32.9 Å². The van der Waals surface area contributed by atoms with E-state index in [1.165, 1.54) is 30.3 Å². The van der Waals surface area contributed by atoms with Gasteiger partial charge in [-0.1, -0.05) is 26.0 Å². The fourth-order valence-corrected chi connectivity index (χ4v) is 5.77. The molecule has 0 aromatic heterocycles. The largest absolute Gasteiger partial charge is 0.489 e. The van der Waals surface area contributed by atoms with Gasteiger partial charge in [-0.05, 0) is 60.2 Å². The Morgan fingerprint density at radius 2 is 1.87 bits per heavy atom. The summed E-state index contributed by atoms with van der Waals surface area (Å²) in [5.74, 6) is -1.20. The molecule has 0 amide bonds. The van der Waals surface area contributed by atoms with Crippen molar-refractivity contribution in [3.8, 4) is 5.75 Å². The molecule has 2 aromatic carbocycles. The van der Waals surface area contributed by atoms with E-state index in [2.05, 4.69) is 0 Å². The van der Waals surface area contributed by atoms with Crippen LogP contribution in [0.3, 0.4) is 0 Å². The van der Waals surface area contributed by atoms with Gasteiger partial charge in [-0.2, -0.15) is 4.31 Å². The van der Waals surface area contributed by atoms with Crippen LogP contribution in [0.2, 0.25) is 0 Å². The third-order valence-electron chi connectivity index (χ3n) is 5.62. The van der Waals surface area contributed by atoms with Crippen LogP contribution in [0.4, 0.5) is 4.39 Å². The first-order valence-corrected chi connectivity index (χ1v) is 11.3. The summed E-state index contributed by atoms with van der Waals surface area (Å²) < 4.78 is 46.5. The molecule has 0 radical (unpaired) electrons. The molecule has 31 heavy (non-hydrogen) atoms. The van der Waals surface area contributed by atoms with Gasteiger partial charge >= 0.3 is 5.97 Å². The SMILES string of the molecule is Cc1c(F)cccc1COc1ccc(S(=O)(=O)N2CC(O)CC(C)(C)C2C(=O)O)cc1. The number of rotatable bonds is 6. The van der Waals surface area contributed by atoms with E-state index in [1.807, 2.05) is 0 Å². The number of carboxylic acids is 1. The summed E-state index contributed by atoms with van der Waals surface area (Å²) in [4.78, 5) is 11.8. The predicted octanol–water partition coefficient (Wildman–Crippen LogP) is 2.95. The first-order valence-electron chi connectivity index (χ1n) is 9.83. The summed E-state index contributed by atoms with van der Waals surface area (Å²) in [5.41, 5.74) is 0.209. The van der Waals surface area contributed by atoms with Gasteiger partial charge in [-0.25, -0.2) is 12.8 Å². The van der Waals surface area contributed by atoms with Gasteiger partial charge in [0.1, 0.15) is 24.2 Å². The van der Waals surface area contributed by atoms with Crippen molar-refractivity contribution in [2.45, 2.75) is 50.8 Å². The molecule has 2 N–H and O–H groups in total. The molecule has 2 unspecified atom stereocenters. The number of nitrogens with zero attached hydrogens (tertiary/aromatic N) is 1. The van der Waals surface area contributed by atoms with Crippen molar-refractivity contribution in [2.24, 2.45) is 5.41 Å². The van der Waals surface area contributed by atoms with Crippen LogP contribution in [-0.4, -0.2) is 47.6 Å². The van der Waals surface area contributed by atoms with Crippen LogP contribution in [0.25, 0.3) is 0 Å². The van der Waals surface area contributed by atoms with E-state index in [0.717, 1.165) is 4.31 Å². The molecule has 3 rings (SSSR count). The lowest BCUT2D eigenvalue weighted by atomic mass is 9.76. The van der Waals surface area contributed by atoms with E-state index >= 15 is 0 Å². The third-order valence-corrected chi connectivity index (χ3v) is 7.46. The maximum Gasteiger partial charge on any atom is 0.322 e. The van der Waals surface area contributed by atoms with Crippen LogP contribution < -0.4 is 4.74 Å². The Labute approximate surface area is 181 Å². The molecule has 0 spiro atoms. The van der Waals surface area contributed by atoms with Gasteiger partial charge in [0.2, 0.25) is 10.0 Å². The molecule has 0 saturated carbocycles. The number of ether oxygens (including phenoxy) is 1. The van der Waals surface area contributed by atoms with Crippen LogP contribution >= 0.6 is 0 Å². The number of aliphatic carboxylic acids is 1. The minimum Gasteiger partial charge on any atom is -0.489 e. The standard InChI is InChI=1S/C22H26FNO6S/c1-14-15(5-4-6-19(14)23)13-30-17-7-9-18(10-8-17)31(28,29)24-12-16(25)11-22(2,3)20(24)21(26)27/h4-10,16,20,25H,11-13H2,1-3H3,(H,26,27).